The van der Waals surface area contributed by atoms with Crippen molar-refractivity contribution in [1.29, 1.82) is 0 Å². The molecular formula is C15H20N4O3. The van der Waals surface area contributed by atoms with Crippen LogP contribution in [0.4, 0.5) is 16.2 Å². The van der Waals surface area contributed by atoms with E-state index in [-0.39, 0.29) is 12.2 Å². The fourth-order valence-corrected chi connectivity index (χ4v) is 2.89. The lowest BCUT2D eigenvalue weighted by molar-refractivity contribution is 0.145. The first-order valence-corrected chi connectivity index (χ1v) is 7.29. The Morgan fingerprint density at radius 2 is 2.27 bits per heavy atom. The summed E-state index contributed by atoms with van der Waals surface area (Å²) in [5, 5.41) is 4.04. The summed E-state index contributed by atoms with van der Waals surface area (Å²) in [5.74, 6) is 0.895. The molecule has 2 aliphatic rings. The quantitative estimate of drug-likeness (QED) is 0.852. The van der Waals surface area contributed by atoms with Gasteiger partial charge >= 0.3 is 6.09 Å². The molecule has 0 radical (unpaired) electrons. The first kappa shape index (κ1) is 14.6. The molecule has 0 saturated carbocycles. The molecule has 1 amide bonds. The van der Waals surface area contributed by atoms with E-state index in [1.807, 2.05) is 30.1 Å². The van der Waals surface area contributed by atoms with E-state index < -0.39 is 0 Å². The van der Waals surface area contributed by atoms with Gasteiger partial charge in [-0.3, -0.25) is 4.90 Å². The molecule has 0 aliphatic carbocycles. The smallest absolute Gasteiger partial charge is 0.414 e. The first-order valence-electron chi connectivity index (χ1n) is 7.29. The van der Waals surface area contributed by atoms with Crippen LogP contribution in [-0.2, 0) is 16.0 Å². The Morgan fingerprint density at radius 3 is 2.95 bits per heavy atom. The van der Waals surface area contributed by atoms with E-state index in [4.69, 9.17) is 15.3 Å². The molecule has 2 heterocycles. The number of benzene rings is 1. The summed E-state index contributed by atoms with van der Waals surface area (Å²) in [7, 11) is 3.51. The minimum Gasteiger partial charge on any atom is -0.443 e. The zero-order valence-electron chi connectivity index (χ0n) is 12.8. The lowest BCUT2D eigenvalue weighted by atomic mass is 10.0. The Bertz CT molecular complexity index is 617. The number of fused-ring (bicyclic) bond motifs is 1. The number of anilines is 2. The van der Waals surface area contributed by atoms with Gasteiger partial charge < -0.3 is 20.2 Å². The number of amidine groups is 1. The molecule has 1 saturated heterocycles. The predicted molar refractivity (Wildman–Crippen MR) is 84.3 cm³/mol. The van der Waals surface area contributed by atoms with Gasteiger partial charge in [0.05, 0.1) is 6.54 Å². The molecular weight excluding hydrogens is 284 g/mol. The number of ether oxygens (including phenoxy) is 1. The van der Waals surface area contributed by atoms with E-state index in [0.29, 0.717) is 13.1 Å². The van der Waals surface area contributed by atoms with E-state index in [1.54, 1.807) is 12.0 Å². The average Bonchev–Trinajstić information content (AvgIpc) is 2.91. The molecule has 0 aromatic heterocycles. The summed E-state index contributed by atoms with van der Waals surface area (Å²) in [5.41, 5.74) is 8.68. The maximum Gasteiger partial charge on any atom is 0.414 e. The van der Waals surface area contributed by atoms with Crippen molar-refractivity contribution in [1.82, 2.24) is 0 Å². The third-order valence-corrected chi connectivity index (χ3v) is 4.07. The number of carbonyl (C=O) groups excluding carboxylic acids is 1. The fraction of sp³-hybridized carbons (Fsp3) is 0.467. The molecule has 1 aromatic rings. The van der Waals surface area contributed by atoms with E-state index in [9.17, 15) is 4.79 Å². The van der Waals surface area contributed by atoms with Gasteiger partial charge in [0.2, 0.25) is 0 Å². The second-order valence-corrected chi connectivity index (χ2v) is 5.41. The average molecular weight is 304 g/mol. The minimum absolute atomic E-state index is 0.230. The molecule has 118 valence electrons. The highest BCUT2D eigenvalue weighted by Gasteiger charge is 2.32. The highest BCUT2D eigenvalue weighted by atomic mass is 16.6. The standard InChI is InChI=1S/C15H20N4O3/c1-18-13-5-4-11(19-9-12(8-16)22-15(19)20)7-10(13)3-6-14(18)17-21-2/h4-5,7,12H,3,6,8-9,16H2,1-2H3. The van der Waals surface area contributed by atoms with Crippen LogP contribution >= 0.6 is 0 Å². The van der Waals surface area contributed by atoms with Crippen LogP contribution in [0.3, 0.4) is 0 Å². The van der Waals surface area contributed by atoms with Crippen LogP contribution in [0, 0.1) is 0 Å². The van der Waals surface area contributed by atoms with Crippen molar-refractivity contribution in [2.75, 3.05) is 37.0 Å². The molecule has 1 unspecified atom stereocenters. The van der Waals surface area contributed by atoms with Gasteiger partial charge in [0.25, 0.3) is 0 Å². The number of nitrogens with zero attached hydrogens (tertiary/aromatic N) is 3. The zero-order chi connectivity index (χ0) is 15.7. The number of oxime groups is 1. The molecule has 0 spiro atoms. The van der Waals surface area contributed by atoms with Crippen molar-refractivity contribution < 1.29 is 14.4 Å². The number of rotatable bonds is 3. The lowest BCUT2D eigenvalue weighted by Gasteiger charge is -2.29. The number of hydrogen-bond acceptors (Lipinski definition) is 5. The molecule has 1 fully saturated rings. The maximum absolute atomic E-state index is 11.9. The Hall–Kier alpha value is -2.28. The Labute approximate surface area is 129 Å². The van der Waals surface area contributed by atoms with Gasteiger partial charge in [-0.05, 0) is 30.2 Å². The van der Waals surface area contributed by atoms with Crippen molar-refractivity contribution in [2.24, 2.45) is 10.9 Å². The van der Waals surface area contributed by atoms with E-state index >= 15 is 0 Å². The lowest BCUT2D eigenvalue weighted by Crippen LogP contribution is -2.32. The molecule has 7 nitrogen and oxygen atoms in total. The molecule has 1 aromatic carbocycles. The molecule has 7 heteroatoms. The third-order valence-electron chi connectivity index (χ3n) is 4.07. The number of cyclic esters (lactones) is 1. The second-order valence-electron chi connectivity index (χ2n) is 5.41. The number of aryl methyl sites for hydroxylation is 1. The summed E-state index contributed by atoms with van der Waals surface area (Å²) in [6, 6.07) is 5.96. The van der Waals surface area contributed by atoms with E-state index in [2.05, 4.69) is 5.16 Å². The Kier molecular flexibility index (Phi) is 3.89. The van der Waals surface area contributed by atoms with Gasteiger partial charge in [-0.1, -0.05) is 5.16 Å². The maximum atomic E-state index is 11.9. The van der Waals surface area contributed by atoms with Crippen LogP contribution < -0.4 is 15.5 Å². The van der Waals surface area contributed by atoms with Crippen molar-refractivity contribution in [2.45, 2.75) is 18.9 Å². The first-order chi connectivity index (χ1) is 10.6. The highest BCUT2D eigenvalue weighted by Crippen LogP contribution is 2.32. The zero-order valence-corrected chi connectivity index (χ0v) is 12.8. The van der Waals surface area contributed by atoms with Crippen molar-refractivity contribution in [3.8, 4) is 0 Å². The normalized spacial score (nSPS) is 22.8. The summed E-state index contributed by atoms with van der Waals surface area (Å²) in [6.07, 6.45) is 1.10. The number of amides is 1. The number of carbonyl (C=O) groups is 1. The van der Waals surface area contributed by atoms with Crippen LogP contribution in [0.1, 0.15) is 12.0 Å². The van der Waals surface area contributed by atoms with Crippen molar-refractivity contribution >= 4 is 23.3 Å². The molecule has 2 aliphatic heterocycles. The third kappa shape index (κ3) is 2.48. The molecule has 0 bridgehead atoms. The Morgan fingerprint density at radius 1 is 1.45 bits per heavy atom. The molecule has 2 N–H and O–H groups in total. The summed E-state index contributed by atoms with van der Waals surface area (Å²) in [6.45, 7) is 0.840. The number of nitrogens with two attached hydrogens (primary N) is 1. The van der Waals surface area contributed by atoms with E-state index in [1.165, 1.54) is 5.56 Å². The Balaban J connectivity index is 1.87. The van der Waals surface area contributed by atoms with Gasteiger partial charge in [0.1, 0.15) is 19.0 Å². The topological polar surface area (TPSA) is 80.4 Å². The number of hydrogen-bond donors (Lipinski definition) is 1. The predicted octanol–water partition coefficient (Wildman–Crippen LogP) is 1.31. The molecule has 3 rings (SSSR count). The van der Waals surface area contributed by atoms with Crippen LogP contribution in [0.25, 0.3) is 0 Å². The largest absolute Gasteiger partial charge is 0.443 e. The van der Waals surface area contributed by atoms with Crippen LogP contribution in [0.2, 0.25) is 0 Å². The second kappa shape index (κ2) is 5.84. The van der Waals surface area contributed by atoms with E-state index in [0.717, 1.165) is 30.1 Å². The summed E-state index contributed by atoms with van der Waals surface area (Å²) >= 11 is 0. The van der Waals surface area contributed by atoms with Gasteiger partial charge in [-0.2, -0.15) is 0 Å². The highest BCUT2D eigenvalue weighted by molar-refractivity contribution is 6.00. The van der Waals surface area contributed by atoms with Gasteiger partial charge in [-0.15, -0.1) is 0 Å². The minimum atomic E-state index is -0.332. The van der Waals surface area contributed by atoms with Crippen LogP contribution in [0.5, 0.6) is 0 Å². The van der Waals surface area contributed by atoms with Gasteiger partial charge in [0, 0.05) is 31.4 Å². The summed E-state index contributed by atoms with van der Waals surface area (Å²) < 4.78 is 5.21. The van der Waals surface area contributed by atoms with Gasteiger partial charge in [0.15, 0.2) is 0 Å². The van der Waals surface area contributed by atoms with Crippen LogP contribution in [0.15, 0.2) is 23.4 Å². The monoisotopic (exact) mass is 304 g/mol. The SMILES string of the molecule is CON=C1CCc2cc(N3CC(CN)OC3=O)ccc2N1C. The molecule has 22 heavy (non-hydrogen) atoms. The van der Waals surface area contributed by atoms with Crippen molar-refractivity contribution in [3.05, 3.63) is 23.8 Å². The molecule has 1 atom stereocenters. The van der Waals surface area contributed by atoms with Gasteiger partial charge in [-0.25, -0.2) is 4.79 Å². The van der Waals surface area contributed by atoms with Crippen LogP contribution in [-0.4, -0.2) is 45.3 Å². The fourth-order valence-electron chi connectivity index (χ4n) is 2.89. The summed E-state index contributed by atoms with van der Waals surface area (Å²) in [4.78, 5) is 20.4. The van der Waals surface area contributed by atoms with Crippen molar-refractivity contribution in [3.63, 3.8) is 0 Å².